The molecule has 3 unspecified atom stereocenters. The molecule has 1 heterocycles. The minimum atomic E-state index is -1.43. The molecule has 5 heteroatoms. The fourth-order valence-electron chi connectivity index (χ4n) is 1.03. The van der Waals surface area contributed by atoms with Gasteiger partial charge in [0.05, 0.1) is 6.10 Å². The van der Waals surface area contributed by atoms with E-state index < -0.39 is 30.7 Å². The van der Waals surface area contributed by atoms with Crippen molar-refractivity contribution in [2.75, 3.05) is 0 Å². The second-order valence-corrected chi connectivity index (χ2v) is 2.70. The Bertz CT molecular complexity index is 125. The van der Waals surface area contributed by atoms with Gasteiger partial charge in [0.25, 0.3) is 0 Å². The predicted molar refractivity (Wildman–Crippen MR) is 34.6 cm³/mol. The maximum absolute atomic E-state index is 9.09. The van der Waals surface area contributed by atoms with Gasteiger partial charge in [-0.2, -0.15) is 0 Å². The van der Waals surface area contributed by atoms with Gasteiger partial charge in [0.1, 0.15) is 18.3 Å². The van der Waals surface area contributed by atoms with E-state index in [2.05, 4.69) is 4.74 Å². The highest BCUT2D eigenvalue weighted by Gasteiger charge is 2.40. The number of rotatable bonds is 0. The Morgan fingerprint density at radius 3 is 2.00 bits per heavy atom. The first-order chi connectivity index (χ1) is 5.04. The van der Waals surface area contributed by atoms with Crippen molar-refractivity contribution in [2.24, 2.45) is 0 Å². The molecule has 0 aromatic carbocycles. The summed E-state index contributed by atoms with van der Waals surface area (Å²) in [6.45, 7) is 1.50. The highest BCUT2D eigenvalue weighted by atomic mass is 16.6. The molecular weight excluding hydrogens is 152 g/mol. The average Bonchev–Trinajstić information content (AvgIpc) is 1.97. The molecule has 0 aromatic heterocycles. The van der Waals surface area contributed by atoms with Crippen molar-refractivity contribution >= 4 is 0 Å². The molecule has 1 fully saturated rings. The van der Waals surface area contributed by atoms with Crippen molar-refractivity contribution in [3.8, 4) is 0 Å². The van der Waals surface area contributed by atoms with E-state index in [1.54, 1.807) is 0 Å². The molecule has 4 N–H and O–H groups in total. The molecule has 5 atom stereocenters. The maximum Gasteiger partial charge on any atom is 0.183 e. The normalized spacial score (nSPS) is 52.6. The summed E-state index contributed by atoms with van der Waals surface area (Å²) in [6, 6.07) is 0. The zero-order valence-corrected chi connectivity index (χ0v) is 6.08. The third-order valence-electron chi connectivity index (χ3n) is 1.83. The van der Waals surface area contributed by atoms with Gasteiger partial charge in [-0.1, -0.05) is 0 Å². The molecule has 0 saturated carbocycles. The van der Waals surface area contributed by atoms with Crippen LogP contribution in [0, 0.1) is 0 Å². The van der Waals surface area contributed by atoms with Crippen molar-refractivity contribution in [3.63, 3.8) is 0 Å². The molecule has 0 aromatic rings. The zero-order chi connectivity index (χ0) is 8.59. The first-order valence-electron chi connectivity index (χ1n) is 3.41. The number of ether oxygens (including phenoxy) is 1. The zero-order valence-electron chi connectivity index (χ0n) is 6.08. The lowest BCUT2D eigenvalue weighted by atomic mass is 10.0. The van der Waals surface area contributed by atoms with Crippen molar-refractivity contribution < 1.29 is 25.2 Å². The number of hydrogen-bond donors (Lipinski definition) is 4. The number of aliphatic hydroxyl groups excluding tert-OH is 4. The third kappa shape index (κ3) is 1.52. The second-order valence-electron chi connectivity index (χ2n) is 2.70. The fourth-order valence-corrected chi connectivity index (χ4v) is 1.03. The fraction of sp³-hybridized carbons (Fsp3) is 1.00. The Morgan fingerprint density at radius 2 is 1.45 bits per heavy atom. The van der Waals surface area contributed by atoms with Gasteiger partial charge in [0.15, 0.2) is 6.29 Å². The molecule has 1 rings (SSSR count). The quantitative estimate of drug-likeness (QED) is 0.326. The third-order valence-corrected chi connectivity index (χ3v) is 1.83. The lowest BCUT2D eigenvalue weighted by molar-refractivity contribution is -0.277. The Balaban J connectivity index is 2.63. The van der Waals surface area contributed by atoms with Gasteiger partial charge in [0.2, 0.25) is 0 Å². The van der Waals surface area contributed by atoms with Gasteiger partial charge in [-0.25, -0.2) is 0 Å². The monoisotopic (exact) mass is 164 g/mol. The summed E-state index contributed by atoms with van der Waals surface area (Å²) in [5.41, 5.74) is 0. The predicted octanol–water partition coefficient (Wildman–Crippen LogP) is -2.19. The summed E-state index contributed by atoms with van der Waals surface area (Å²) in [7, 11) is 0. The Hall–Kier alpha value is -0.200. The van der Waals surface area contributed by atoms with Crippen LogP contribution in [0.5, 0.6) is 0 Å². The number of hydrogen-bond acceptors (Lipinski definition) is 5. The SMILES string of the molecule is CC1O[C@@H](O)C(O)C(O)[C@@H]1O. The summed E-state index contributed by atoms with van der Waals surface area (Å²) in [5.74, 6) is 0. The van der Waals surface area contributed by atoms with Crippen LogP contribution in [0.1, 0.15) is 6.92 Å². The molecule has 0 aliphatic carbocycles. The van der Waals surface area contributed by atoms with Crippen molar-refractivity contribution in [2.45, 2.75) is 37.6 Å². The van der Waals surface area contributed by atoms with Crippen LogP contribution in [0.15, 0.2) is 0 Å². The van der Waals surface area contributed by atoms with Gasteiger partial charge in [-0.05, 0) is 6.92 Å². The summed E-state index contributed by atoms with van der Waals surface area (Å²) >= 11 is 0. The van der Waals surface area contributed by atoms with E-state index in [0.29, 0.717) is 0 Å². The van der Waals surface area contributed by atoms with Gasteiger partial charge >= 0.3 is 0 Å². The van der Waals surface area contributed by atoms with Crippen molar-refractivity contribution in [1.29, 1.82) is 0 Å². The molecule has 0 amide bonds. The minimum Gasteiger partial charge on any atom is -0.388 e. The highest BCUT2D eigenvalue weighted by molar-refractivity contribution is 4.86. The van der Waals surface area contributed by atoms with E-state index in [4.69, 9.17) is 20.4 Å². The molecule has 0 spiro atoms. The van der Waals surface area contributed by atoms with Gasteiger partial charge in [0, 0.05) is 0 Å². The second kappa shape index (κ2) is 3.04. The Kier molecular flexibility index (Phi) is 2.46. The number of aliphatic hydroxyl groups is 4. The average molecular weight is 164 g/mol. The lowest BCUT2D eigenvalue weighted by Gasteiger charge is -2.36. The first kappa shape index (κ1) is 8.89. The highest BCUT2D eigenvalue weighted by Crippen LogP contribution is 2.18. The maximum atomic E-state index is 9.09. The molecule has 0 bridgehead atoms. The summed E-state index contributed by atoms with van der Waals surface area (Å²) < 4.78 is 4.68. The van der Waals surface area contributed by atoms with Crippen LogP contribution in [0.2, 0.25) is 0 Å². The van der Waals surface area contributed by atoms with E-state index in [9.17, 15) is 0 Å². The van der Waals surface area contributed by atoms with Gasteiger partial charge in [-0.15, -0.1) is 0 Å². The van der Waals surface area contributed by atoms with Gasteiger partial charge in [-0.3, -0.25) is 0 Å². The molecule has 1 saturated heterocycles. The summed E-state index contributed by atoms with van der Waals surface area (Å²) in [6.07, 6.45) is -5.99. The summed E-state index contributed by atoms with van der Waals surface area (Å²) in [4.78, 5) is 0. The van der Waals surface area contributed by atoms with Crippen molar-refractivity contribution in [1.82, 2.24) is 0 Å². The van der Waals surface area contributed by atoms with Crippen LogP contribution in [0.4, 0.5) is 0 Å². The van der Waals surface area contributed by atoms with E-state index >= 15 is 0 Å². The van der Waals surface area contributed by atoms with Gasteiger partial charge < -0.3 is 25.2 Å². The molecule has 1 aliphatic heterocycles. The molecule has 1 aliphatic rings. The Morgan fingerprint density at radius 1 is 0.909 bits per heavy atom. The topological polar surface area (TPSA) is 90.2 Å². The molecule has 0 radical (unpaired) electrons. The van der Waals surface area contributed by atoms with Crippen LogP contribution in [-0.2, 0) is 4.74 Å². The summed E-state index contributed by atoms with van der Waals surface area (Å²) in [5, 5.41) is 36.0. The van der Waals surface area contributed by atoms with Crippen LogP contribution in [-0.4, -0.2) is 51.1 Å². The van der Waals surface area contributed by atoms with Crippen LogP contribution >= 0.6 is 0 Å². The van der Waals surface area contributed by atoms with Crippen LogP contribution in [0.3, 0.4) is 0 Å². The van der Waals surface area contributed by atoms with Crippen LogP contribution < -0.4 is 0 Å². The molecule has 66 valence electrons. The van der Waals surface area contributed by atoms with E-state index in [-0.39, 0.29) is 0 Å². The standard InChI is InChI=1S/C6H12O5/c1-2-3(7)4(8)5(9)6(10)11-2/h2-10H,1H3/t2?,3-,4?,5?,6-/m1/s1. The molecule has 11 heavy (non-hydrogen) atoms. The van der Waals surface area contributed by atoms with Crippen molar-refractivity contribution in [3.05, 3.63) is 0 Å². The van der Waals surface area contributed by atoms with Crippen LogP contribution in [0.25, 0.3) is 0 Å². The van der Waals surface area contributed by atoms with E-state index in [1.807, 2.05) is 0 Å². The molecular formula is C6H12O5. The smallest absolute Gasteiger partial charge is 0.183 e. The van der Waals surface area contributed by atoms with E-state index in [1.165, 1.54) is 6.92 Å². The molecule has 5 nitrogen and oxygen atoms in total. The Labute approximate surface area is 63.8 Å². The van der Waals surface area contributed by atoms with E-state index in [0.717, 1.165) is 0 Å². The lowest BCUT2D eigenvalue weighted by Crippen LogP contribution is -2.56. The minimum absolute atomic E-state index is 0.664. The first-order valence-corrected chi connectivity index (χ1v) is 3.41. The largest absolute Gasteiger partial charge is 0.388 e.